The third-order valence-electron chi connectivity index (χ3n) is 9.30. The predicted octanol–water partition coefficient (Wildman–Crippen LogP) is 4.55. The van der Waals surface area contributed by atoms with Crippen molar-refractivity contribution in [2.24, 2.45) is 0 Å². The Bertz CT molecular complexity index is 1960. The summed E-state index contributed by atoms with van der Waals surface area (Å²) in [5.41, 5.74) is 3.70. The molecule has 1 atom stereocenters. The van der Waals surface area contributed by atoms with Crippen LogP contribution in [0.25, 0.3) is 21.2 Å². The molecule has 3 aromatic carbocycles. The molecule has 2 aromatic heterocycles. The van der Waals surface area contributed by atoms with Crippen LogP contribution < -0.4 is 10.2 Å². The minimum atomic E-state index is -0.875. The van der Waals surface area contributed by atoms with Crippen molar-refractivity contribution in [1.82, 2.24) is 20.1 Å². The molecule has 0 unspecified atom stereocenters. The second-order valence-corrected chi connectivity index (χ2v) is 13.5. The van der Waals surface area contributed by atoms with Gasteiger partial charge in [-0.15, -0.1) is 0 Å². The molecule has 5 aromatic rings. The van der Waals surface area contributed by atoms with E-state index in [2.05, 4.69) is 15.2 Å². The number of amides is 1. The van der Waals surface area contributed by atoms with Crippen molar-refractivity contribution in [2.75, 3.05) is 45.9 Å². The number of aromatic nitrogens is 1. The number of aliphatic hydroxyl groups excluding tert-OH is 1. The first-order valence-electron chi connectivity index (χ1n) is 15.9. The zero-order chi connectivity index (χ0) is 32.5. The fraction of sp³-hybridized carbons (Fsp3) is 0.371. The van der Waals surface area contributed by atoms with Gasteiger partial charge in [0.2, 0.25) is 0 Å². The monoisotopic (exact) mass is 660 g/mol. The Morgan fingerprint density at radius 2 is 1.91 bits per heavy atom. The van der Waals surface area contributed by atoms with Gasteiger partial charge in [-0.3, -0.25) is 14.5 Å². The number of carbonyl (C=O) groups excluding carboxylic acids is 1. The van der Waals surface area contributed by atoms with Crippen LogP contribution in [0.1, 0.15) is 46.0 Å². The Morgan fingerprint density at radius 3 is 2.77 bits per heavy atom. The summed E-state index contributed by atoms with van der Waals surface area (Å²) >= 11 is 0.952. The normalized spacial score (nSPS) is 17.5. The van der Waals surface area contributed by atoms with E-state index in [4.69, 9.17) is 9.15 Å². The number of phenolic OH excluding ortho intramolecular Hbond substituents is 1. The standard InChI is InChI=1S/C35H37FN4O6S/c36-26-16-22(5-9-37-19-29(42)27-2-3-28(41)31-32(27)47-34(44)38-31)15-23(17-26)20-39-10-7-35(8-11-39)21-40(12-14-46-35)33(43)25-1-4-30-24(18-25)6-13-45-30/h1-4,6,13,15-18,29,37,41-42H,5,7-12,14,19-21H2,(H,38,44)/t29-/m0/s1. The minimum Gasteiger partial charge on any atom is -0.506 e. The Kier molecular flexibility index (Phi) is 8.86. The second-order valence-electron chi connectivity index (χ2n) is 12.5. The number of H-pyrrole nitrogens is 1. The third kappa shape index (κ3) is 6.83. The number of likely N-dealkylation sites (tertiary alicyclic amines) is 1. The molecule has 2 aliphatic heterocycles. The average molecular weight is 661 g/mol. The molecule has 4 N–H and O–H groups in total. The fourth-order valence-corrected chi connectivity index (χ4v) is 7.73. The van der Waals surface area contributed by atoms with Crippen LogP contribution in [-0.2, 0) is 17.7 Å². The van der Waals surface area contributed by atoms with Crippen LogP contribution in [0, 0.1) is 5.82 Å². The molecular formula is C35H37FN4O6S. The lowest BCUT2D eigenvalue weighted by Crippen LogP contribution is -2.57. The van der Waals surface area contributed by atoms with Gasteiger partial charge < -0.3 is 34.6 Å². The molecule has 246 valence electrons. The zero-order valence-corrected chi connectivity index (χ0v) is 26.7. The molecule has 1 spiro atoms. The van der Waals surface area contributed by atoms with Crippen molar-refractivity contribution >= 4 is 38.4 Å². The quantitative estimate of drug-likeness (QED) is 0.170. The smallest absolute Gasteiger partial charge is 0.305 e. The molecule has 0 aliphatic carbocycles. The maximum absolute atomic E-state index is 14.6. The average Bonchev–Trinajstić information content (AvgIpc) is 3.70. The van der Waals surface area contributed by atoms with Gasteiger partial charge in [-0.1, -0.05) is 23.5 Å². The molecule has 2 fully saturated rings. The SMILES string of the molecule is O=C(c1ccc2occc2c1)N1CCOC2(CCN(Cc3cc(F)cc(CCNC[C@H](O)c4ccc(O)c5[nH]c(=O)sc45)c3)CC2)C1. The van der Waals surface area contributed by atoms with Crippen molar-refractivity contribution in [3.05, 3.63) is 98.6 Å². The number of aromatic hydroxyl groups is 1. The van der Waals surface area contributed by atoms with E-state index < -0.39 is 6.10 Å². The van der Waals surface area contributed by atoms with Gasteiger partial charge in [-0.2, -0.15) is 0 Å². The van der Waals surface area contributed by atoms with Crippen molar-refractivity contribution in [2.45, 2.75) is 37.5 Å². The molecule has 7 rings (SSSR count). The van der Waals surface area contributed by atoms with Crippen molar-refractivity contribution < 1.29 is 28.6 Å². The van der Waals surface area contributed by atoms with Crippen LogP contribution in [0.4, 0.5) is 4.39 Å². The summed E-state index contributed by atoms with van der Waals surface area (Å²) in [7, 11) is 0. The number of aromatic amines is 1. The molecule has 10 nitrogen and oxygen atoms in total. The van der Waals surface area contributed by atoms with Crippen LogP contribution in [-0.4, -0.2) is 82.4 Å². The fourth-order valence-electron chi connectivity index (χ4n) is 6.82. The van der Waals surface area contributed by atoms with E-state index in [9.17, 15) is 24.2 Å². The Morgan fingerprint density at radius 1 is 1.09 bits per heavy atom. The highest BCUT2D eigenvalue weighted by Crippen LogP contribution is 2.33. The third-order valence-corrected chi connectivity index (χ3v) is 10.2. The largest absolute Gasteiger partial charge is 0.506 e. The summed E-state index contributed by atoms with van der Waals surface area (Å²) in [6, 6.07) is 15.6. The highest BCUT2D eigenvalue weighted by molar-refractivity contribution is 7.16. The van der Waals surface area contributed by atoms with Crippen LogP contribution >= 0.6 is 11.3 Å². The first-order chi connectivity index (χ1) is 22.7. The predicted molar refractivity (Wildman–Crippen MR) is 177 cm³/mol. The number of hydrogen-bond donors (Lipinski definition) is 4. The first kappa shape index (κ1) is 31.5. The highest BCUT2D eigenvalue weighted by Gasteiger charge is 2.41. The Balaban J connectivity index is 0.905. The summed E-state index contributed by atoms with van der Waals surface area (Å²) in [6.45, 7) is 4.58. The summed E-state index contributed by atoms with van der Waals surface area (Å²) in [4.78, 5) is 31.7. The van der Waals surface area contributed by atoms with Gasteiger partial charge >= 0.3 is 4.87 Å². The number of aliphatic hydroxyl groups is 1. The molecule has 47 heavy (non-hydrogen) atoms. The molecule has 12 heteroatoms. The number of thiazole rings is 1. The lowest BCUT2D eigenvalue weighted by Gasteiger charge is -2.47. The summed E-state index contributed by atoms with van der Waals surface area (Å²) in [5, 5.41) is 24.9. The number of piperidine rings is 1. The first-order valence-corrected chi connectivity index (χ1v) is 16.7. The van der Waals surface area contributed by atoms with Gasteiger partial charge in [0.25, 0.3) is 5.91 Å². The van der Waals surface area contributed by atoms with Crippen LogP contribution in [0.15, 0.2) is 70.1 Å². The van der Waals surface area contributed by atoms with Gasteiger partial charge in [0.1, 0.15) is 22.7 Å². The van der Waals surface area contributed by atoms with E-state index in [1.54, 1.807) is 24.5 Å². The van der Waals surface area contributed by atoms with E-state index in [-0.39, 0.29) is 34.5 Å². The van der Waals surface area contributed by atoms with Crippen molar-refractivity contribution in [3.8, 4) is 5.75 Å². The van der Waals surface area contributed by atoms with Crippen molar-refractivity contribution in [3.63, 3.8) is 0 Å². The number of nitrogens with zero attached hydrogens (tertiary/aromatic N) is 2. The summed E-state index contributed by atoms with van der Waals surface area (Å²) in [5.74, 6) is -0.307. The van der Waals surface area contributed by atoms with Crippen molar-refractivity contribution in [1.29, 1.82) is 0 Å². The molecule has 1 amide bonds. The topological polar surface area (TPSA) is 131 Å². The molecule has 0 radical (unpaired) electrons. The van der Waals surface area contributed by atoms with Gasteiger partial charge in [0, 0.05) is 49.2 Å². The molecule has 0 saturated carbocycles. The number of benzene rings is 3. The molecular weight excluding hydrogens is 623 g/mol. The molecule has 2 saturated heterocycles. The number of halogens is 1. The van der Waals surface area contributed by atoms with Crippen LogP contribution in [0.5, 0.6) is 5.75 Å². The van der Waals surface area contributed by atoms with E-state index in [1.165, 1.54) is 6.07 Å². The Hall–Kier alpha value is -4.07. The maximum atomic E-state index is 14.6. The number of rotatable bonds is 9. The number of carbonyl (C=O) groups is 1. The van der Waals surface area contributed by atoms with Gasteiger partial charge in [0.05, 0.1) is 35.8 Å². The maximum Gasteiger partial charge on any atom is 0.305 e. The molecule has 4 heterocycles. The second kappa shape index (κ2) is 13.2. The van der Waals surface area contributed by atoms with Gasteiger partial charge in [0.15, 0.2) is 0 Å². The summed E-state index contributed by atoms with van der Waals surface area (Å²) in [6.07, 6.45) is 2.91. The van der Waals surface area contributed by atoms with E-state index >= 15 is 0 Å². The number of furan rings is 1. The summed E-state index contributed by atoms with van der Waals surface area (Å²) < 4.78 is 26.9. The number of morpholine rings is 1. The number of phenols is 1. The van der Waals surface area contributed by atoms with Crippen LogP contribution in [0.2, 0.25) is 0 Å². The number of ether oxygens (including phenoxy) is 1. The zero-order valence-electron chi connectivity index (χ0n) is 25.8. The highest BCUT2D eigenvalue weighted by atomic mass is 32.1. The molecule has 2 aliphatic rings. The van der Waals surface area contributed by atoms with E-state index in [1.807, 2.05) is 35.2 Å². The minimum absolute atomic E-state index is 0.00569. The van der Waals surface area contributed by atoms with Gasteiger partial charge in [-0.25, -0.2) is 4.39 Å². The van der Waals surface area contributed by atoms with Crippen LogP contribution in [0.3, 0.4) is 0 Å². The number of hydrogen-bond acceptors (Lipinski definition) is 9. The lowest BCUT2D eigenvalue weighted by atomic mass is 9.88. The molecule has 0 bridgehead atoms. The van der Waals surface area contributed by atoms with E-state index in [0.29, 0.717) is 60.6 Å². The van der Waals surface area contributed by atoms with Gasteiger partial charge in [-0.05, 0) is 79.4 Å². The van der Waals surface area contributed by atoms with E-state index in [0.717, 1.165) is 59.4 Å². The lowest BCUT2D eigenvalue weighted by molar-refractivity contribution is -0.127. The Labute approximate surface area is 274 Å². The number of fused-ring (bicyclic) bond motifs is 2. The number of nitrogens with one attached hydrogen (secondary N) is 2.